The zero-order valence-corrected chi connectivity index (χ0v) is 9.67. The van der Waals surface area contributed by atoms with Gasteiger partial charge in [-0.05, 0) is 30.1 Å². The SMILES string of the molecule is CC(C)[C@]1(O)C[C@](CC#N)(C(C)C)C1. The van der Waals surface area contributed by atoms with E-state index in [-0.39, 0.29) is 5.41 Å². The molecule has 0 amide bonds. The van der Waals surface area contributed by atoms with Crippen molar-refractivity contribution in [2.75, 3.05) is 0 Å². The third kappa shape index (κ3) is 1.66. The summed E-state index contributed by atoms with van der Waals surface area (Å²) in [6, 6.07) is 2.26. The second kappa shape index (κ2) is 3.55. The number of hydrogen-bond donors (Lipinski definition) is 1. The number of hydrogen-bond acceptors (Lipinski definition) is 2. The molecule has 14 heavy (non-hydrogen) atoms. The first-order valence-corrected chi connectivity index (χ1v) is 5.46. The minimum Gasteiger partial charge on any atom is -0.390 e. The van der Waals surface area contributed by atoms with E-state index in [1.54, 1.807) is 0 Å². The summed E-state index contributed by atoms with van der Waals surface area (Å²) >= 11 is 0. The third-order valence-corrected chi connectivity index (χ3v) is 4.05. The van der Waals surface area contributed by atoms with Crippen molar-refractivity contribution < 1.29 is 5.11 Å². The van der Waals surface area contributed by atoms with E-state index in [1.807, 2.05) is 0 Å². The summed E-state index contributed by atoms with van der Waals surface area (Å²) in [6.45, 7) is 8.40. The summed E-state index contributed by atoms with van der Waals surface area (Å²) in [5.74, 6) is 0.786. The van der Waals surface area contributed by atoms with Gasteiger partial charge in [-0.25, -0.2) is 0 Å². The van der Waals surface area contributed by atoms with E-state index in [0.717, 1.165) is 12.8 Å². The van der Waals surface area contributed by atoms with Gasteiger partial charge in [-0.3, -0.25) is 0 Å². The molecule has 1 saturated carbocycles. The average Bonchev–Trinajstić information content (AvgIpc) is 2.00. The van der Waals surface area contributed by atoms with Crippen molar-refractivity contribution in [1.29, 1.82) is 5.26 Å². The Balaban J connectivity index is 2.69. The predicted octanol–water partition coefficient (Wildman–Crippen LogP) is 2.72. The first kappa shape index (κ1) is 11.5. The van der Waals surface area contributed by atoms with Gasteiger partial charge in [0.15, 0.2) is 0 Å². The number of rotatable bonds is 3. The Hall–Kier alpha value is -0.550. The molecular formula is C12H21NO. The highest BCUT2D eigenvalue weighted by molar-refractivity contribution is 5.09. The van der Waals surface area contributed by atoms with Crippen LogP contribution in [0.2, 0.25) is 0 Å². The first-order valence-electron chi connectivity index (χ1n) is 5.46. The Morgan fingerprint density at radius 2 is 1.71 bits per heavy atom. The van der Waals surface area contributed by atoms with Crippen molar-refractivity contribution in [3.63, 3.8) is 0 Å². The monoisotopic (exact) mass is 195 g/mol. The highest BCUT2D eigenvalue weighted by Crippen LogP contribution is 2.57. The zero-order chi connectivity index (χ0) is 11.0. The molecule has 0 atom stereocenters. The maximum Gasteiger partial charge on any atom is 0.0682 e. The lowest BCUT2D eigenvalue weighted by molar-refractivity contribution is -0.172. The fourth-order valence-corrected chi connectivity index (χ4v) is 2.47. The molecule has 80 valence electrons. The van der Waals surface area contributed by atoms with E-state index in [2.05, 4.69) is 33.8 Å². The second-order valence-corrected chi connectivity index (χ2v) is 5.46. The van der Waals surface area contributed by atoms with Crippen LogP contribution in [0, 0.1) is 28.6 Å². The molecule has 0 aliphatic heterocycles. The molecule has 1 rings (SSSR count). The predicted molar refractivity (Wildman–Crippen MR) is 56.5 cm³/mol. The molecule has 1 aliphatic rings. The Morgan fingerprint density at radius 1 is 1.21 bits per heavy atom. The van der Waals surface area contributed by atoms with Crippen LogP contribution in [0.25, 0.3) is 0 Å². The lowest BCUT2D eigenvalue weighted by atomic mass is 9.50. The Labute approximate surface area is 86.9 Å². The molecule has 0 heterocycles. The van der Waals surface area contributed by atoms with Crippen LogP contribution in [0.15, 0.2) is 0 Å². The number of nitrogens with zero attached hydrogens (tertiary/aromatic N) is 1. The van der Waals surface area contributed by atoms with Crippen LogP contribution in [0.4, 0.5) is 0 Å². The summed E-state index contributed by atoms with van der Waals surface area (Å²) < 4.78 is 0. The summed E-state index contributed by atoms with van der Waals surface area (Å²) in [5.41, 5.74) is -0.436. The maximum atomic E-state index is 10.2. The molecule has 2 nitrogen and oxygen atoms in total. The van der Waals surface area contributed by atoms with Crippen LogP contribution in [0.5, 0.6) is 0 Å². The lowest BCUT2D eigenvalue weighted by Gasteiger charge is -2.57. The van der Waals surface area contributed by atoms with Crippen molar-refractivity contribution in [3.8, 4) is 6.07 Å². The first-order chi connectivity index (χ1) is 6.36. The fourth-order valence-electron chi connectivity index (χ4n) is 2.47. The molecule has 1 aliphatic carbocycles. The quantitative estimate of drug-likeness (QED) is 0.752. The molecule has 0 spiro atoms. The largest absolute Gasteiger partial charge is 0.390 e. The second-order valence-electron chi connectivity index (χ2n) is 5.46. The topological polar surface area (TPSA) is 44.0 Å². The van der Waals surface area contributed by atoms with Crippen LogP contribution >= 0.6 is 0 Å². The van der Waals surface area contributed by atoms with E-state index >= 15 is 0 Å². The molecule has 0 aromatic carbocycles. The fraction of sp³-hybridized carbons (Fsp3) is 0.917. The standard InChI is InChI=1S/C12H21NO/c1-9(2)11(5-6-13)7-12(14,8-11)10(3)4/h9-10,14H,5,7-8H2,1-4H3/t11-,12-. The molecule has 0 aromatic heterocycles. The highest BCUT2D eigenvalue weighted by atomic mass is 16.3. The Bertz CT molecular complexity index is 244. The highest BCUT2D eigenvalue weighted by Gasteiger charge is 2.56. The van der Waals surface area contributed by atoms with Crippen LogP contribution in [-0.2, 0) is 0 Å². The summed E-state index contributed by atoms with van der Waals surface area (Å²) in [4.78, 5) is 0. The zero-order valence-electron chi connectivity index (χ0n) is 9.67. The number of aliphatic hydroxyl groups is 1. The van der Waals surface area contributed by atoms with Gasteiger partial charge in [0, 0.05) is 6.42 Å². The van der Waals surface area contributed by atoms with Gasteiger partial charge < -0.3 is 5.11 Å². The minimum absolute atomic E-state index is 0.0772. The smallest absolute Gasteiger partial charge is 0.0682 e. The molecule has 2 heteroatoms. The van der Waals surface area contributed by atoms with Gasteiger partial charge in [0.1, 0.15) is 0 Å². The van der Waals surface area contributed by atoms with Gasteiger partial charge in [-0.15, -0.1) is 0 Å². The minimum atomic E-state index is -0.513. The normalized spacial score (nSPS) is 37.0. The third-order valence-electron chi connectivity index (χ3n) is 4.05. The molecule has 0 saturated heterocycles. The van der Waals surface area contributed by atoms with Gasteiger partial charge in [0.2, 0.25) is 0 Å². The van der Waals surface area contributed by atoms with E-state index in [9.17, 15) is 5.11 Å². The maximum absolute atomic E-state index is 10.2. The molecular weight excluding hydrogens is 174 g/mol. The van der Waals surface area contributed by atoms with Crippen LogP contribution in [-0.4, -0.2) is 10.7 Å². The van der Waals surface area contributed by atoms with Gasteiger partial charge in [-0.1, -0.05) is 27.7 Å². The molecule has 0 aromatic rings. The van der Waals surface area contributed by atoms with Gasteiger partial charge in [-0.2, -0.15) is 5.26 Å². The molecule has 0 radical (unpaired) electrons. The van der Waals surface area contributed by atoms with Crippen molar-refractivity contribution in [1.82, 2.24) is 0 Å². The Kier molecular flexibility index (Phi) is 2.92. The van der Waals surface area contributed by atoms with Crippen LogP contribution in [0.1, 0.15) is 47.0 Å². The molecule has 1 N–H and O–H groups in total. The summed E-state index contributed by atoms with van der Waals surface area (Å²) in [7, 11) is 0. The van der Waals surface area contributed by atoms with Gasteiger partial charge >= 0.3 is 0 Å². The van der Waals surface area contributed by atoms with Crippen molar-refractivity contribution >= 4 is 0 Å². The average molecular weight is 195 g/mol. The number of nitriles is 1. The van der Waals surface area contributed by atoms with Crippen molar-refractivity contribution in [3.05, 3.63) is 0 Å². The van der Waals surface area contributed by atoms with E-state index in [4.69, 9.17) is 5.26 Å². The summed E-state index contributed by atoms with van der Waals surface area (Å²) in [5, 5.41) is 19.0. The van der Waals surface area contributed by atoms with Gasteiger partial charge in [0.25, 0.3) is 0 Å². The van der Waals surface area contributed by atoms with Crippen LogP contribution in [0.3, 0.4) is 0 Å². The molecule has 0 bridgehead atoms. The van der Waals surface area contributed by atoms with E-state index in [0.29, 0.717) is 18.3 Å². The van der Waals surface area contributed by atoms with Gasteiger partial charge in [0.05, 0.1) is 11.7 Å². The lowest BCUT2D eigenvalue weighted by Crippen LogP contribution is -2.57. The Morgan fingerprint density at radius 3 is 2.00 bits per heavy atom. The summed E-state index contributed by atoms with van der Waals surface area (Å²) in [6.07, 6.45) is 2.17. The molecule has 0 unspecified atom stereocenters. The molecule has 1 fully saturated rings. The van der Waals surface area contributed by atoms with Crippen LogP contribution < -0.4 is 0 Å². The van der Waals surface area contributed by atoms with Crippen molar-refractivity contribution in [2.24, 2.45) is 17.3 Å². The van der Waals surface area contributed by atoms with E-state index < -0.39 is 5.60 Å². The van der Waals surface area contributed by atoms with E-state index in [1.165, 1.54) is 0 Å². The van der Waals surface area contributed by atoms with Crippen molar-refractivity contribution in [2.45, 2.75) is 52.6 Å².